The summed E-state index contributed by atoms with van der Waals surface area (Å²) in [6.45, 7) is 1.73. The molecule has 22 heavy (non-hydrogen) atoms. The topological polar surface area (TPSA) is 79.5 Å². The predicted octanol–water partition coefficient (Wildman–Crippen LogP) is 0.683. The van der Waals surface area contributed by atoms with Crippen molar-refractivity contribution in [1.82, 2.24) is 16.0 Å². The van der Waals surface area contributed by atoms with E-state index in [1.165, 1.54) is 0 Å². The summed E-state index contributed by atoms with van der Waals surface area (Å²) >= 11 is 0. The minimum absolute atomic E-state index is 0.0124. The standard InChI is InChI=1S/C16H23N3O3/c1-22-13-7-5-12(6-8-13)15(20)18-10-11-19-16(21)14-4-2-3-9-17-14/h5-8,14,17H,2-4,9-11H2,1H3,(H,18,20)(H,19,21). The fourth-order valence-corrected chi connectivity index (χ4v) is 2.40. The number of ether oxygens (including phenoxy) is 1. The van der Waals surface area contributed by atoms with E-state index in [1.807, 2.05) is 0 Å². The summed E-state index contributed by atoms with van der Waals surface area (Å²) in [6.07, 6.45) is 3.09. The van der Waals surface area contributed by atoms with Crippen LogP contribution in [0.25, 0.3) is 0 Å². The van der Waals surface area contributed by atoms with Gasteiger partial charge in [0.25, 0.3) is 5.91 Å². The Labute approximate surface area is 130 Å². The number of carbonyl (C=O) groups is 2. The maximum atomic E-state index is 11.9. The second kappa shape index (κ2) is 8.38. The van der Waals surface area contributed by atoms with E-state index in [-0.39, 0.29) is 17.9 Å². The quantitative estimate of drug-likeness (QED) is 0.675. The molecule has 3 N–H and O–H groups in total. The molecule has 1 fully saturated rings. The smallest absolute Gasteiger partial charge is 0.251 e. The summed E-state index contributed by atoms with van der Waals surface area (Å²) in [6, 6.07) is 6.81. The number of hydrogen-bond donors (Lipinski definition) is 3. The fraction of sp³-hybridized carbons (Fsp3) is 0.500. The number of carbonyl (C=O) groups excluding carboxylic acids is 2. The summed E-state index contributed by atoms with van der Waals surface area (Å²) < 4.78 is 5.05. The van der Waals surface area contributed by atoms with Crippen LogP contribution in [0.4, 0.5) is 0 Å². The first kappa shape index (κ1) is 16.3. The highest BCUT2D eigenvalue weighted by atomic mass is 16.5. The van der Waals surface area contributed by atoms with Crippen LogP contribution in [0, 0.1) is 0 Å². The second-order valence-corrected chi connectivity index (χ2v) is 5.28. The van der Waals surface area contributed by atoms with Crippen LogP contribution in [-0.2, 0) is 4.79 Å². The summed E-state index contributed by atoms with van der Waals surface area (Å²) in [5.41, 5.74) is 0.570. The molecule has 6 nitrogen and oxygen atoms in total. The van der Waals surface area contributed by atoms with Crippen molar-refractivity contribution in [2.75, 3.05) is 26.7 Å². The number of nitrogens with one attached hydrogen (secondary N) is 3. The van der Waals surface area contributed by atoms with Crippen LogP contribution < -0.4 is 20.7 Å². The zero-order valence-electron chi connectivity index (χ0n) is 12.9. The summed E-state index contributed by atoms with van der Waals surface area (Å²) in [4.78, 5) is 23.8. The molecule has 1 unspecified atom stereocenters. The summed E-state index contributed by atoms with van der Waals surface area (Å²) in [5, 5.41) is 8.82. The first-order valence-corrected chi connectivity index (χ1v) is 7.64. The normalized spacial score (nSPS) is 17.6. The van der Waals surface area contributed by atoms with Gasteiger partial charge in [-0.3, -0.25) is 9.59 Å². The minimum Gasteiger partial charge on any atom is -0.497 e. The van der Waals surface area contributed by atoms with Gasteiger partial charge in [0.05, 0.1) is 13.2 Å². The molecule has 1 aromatic carbocycles. The van der Waals surface area contributed by atoms with E-state index in [1.54, 1.807) is 31.4 Å². The largest absolute Gasteiger partial charge is 0.497 e. The number of hydrogen-bond acceptors (Lipinski definition) is 4. The van der Waals surface area contributed by atoms with Gasteiger partial charge in [-0.05, 0) is 43.7 Å². The number of benzene rings is 1. The third kappa shape index (κ3) is 4.73. The van der Waals surface area contributed by atoms with Crippen molar-refractivity contribution < 1.29 is 14.3 Å². The Morgan fingerprint density at radius 2 is 1.91 bits per heavy atom. The molecule has 0 aromatic heterocycles. The van der Waals surface area contributed by atoms with Crippen LogP contribution in [0.15, 0.2) is 24.3 Å². The average Bonchev–Trinajstić information content (AvgIpc) is 2.59. The highest BCUT2D eigenvalue weighted by Gasteiger charge is 2.19. The van der Waals surface area contributed by atoms with Crippen LogP contribution in [0.5, 0.6) is 5.75 Å². The van der Waals surface area contributed by atoms with Gasteiger partial charge in [-0.25, -0.2) is 0 Å². The Kier molecular flexibility index (Phi) is 6.21. The molecule has 120 valence electrons. The van der Waals surface area contributed by atoms with Crippen LogP contribution in [0.1, 0.15) is 29.6 Å². The molecule has 1 aliphatic heterocycles. The Bertz CT molecular complexity index is 496. The third-order valence-electron chi connectivity index (χ3n) is 3.69. The van der Waals surface area contributed by atoms with Crippen molar-refractivity contribution >= 4 is 11.8 Å². The van der Waals surface area contributed by atoms with E-state index in [2.05, 4.69) is 16.0 Å². The van der Waals surface area contributed by atoms with Crippen LogP contribution >= 0.6 is 0 Å². The molecular weight excluding hydrogens is 282 g/mol. The van der Waals surface area contributed by atoms with Crippen molar-refractivity contribution in [3.05, 3.63) is 29.8 Å². The first-order valence-electron chi connectivity index (χ1n) is 7.64. The lowest BCUT2D eigenvalue weighted by Crippen LogP contribution is -2.48. The maximum Gasteiger partial charge on any atom is 0.251 e. The maximum absolute atomic E-state index is 11.9. The number of piperidine rings is 1. The molecule has 1 saturated heterocycles. The number of methoxy groups -OCH3 is 1. The molecular formula is C16H23N3O3. The van der Waals surface area contributed by atoms with E-state index in [4.69, 9.17) is 4.74 Å². The predicted molar refractivity (Wildman–Crippen MR) is 84.0 cm³/mol. The Balaban J connectivity index is 1.66. The molecule has 1 aromatic rings. The van der Waals surface area contributed by atoms with Crippen molar-refractivity contribution in [2.24, 2.45) is 0 Å². The second-order valence-electron chi connectivity index (χ2n) is 5.28. The van der Waals surface area contributed by atoms with E-state index in [0.717, 1.165) is 25.8 Å². The molecule has 1 heterocycles. The zero-order chi connectivity index (χ0) is 15.8. The third-order valence-corrected chi connectivity index (χ3v) is 3.69. The van der Waals surface area contributed by atoms with Gasteiger partial charge in [0.15, 0.2) is 0 Å². The van der Waals surface area contributed by atoms with Crippen LogP contribution in [0.3, 0.4) is 0 Å². The highest BCUT2D eigenvalue weighted by molar-refractivity contribution is 5.94. The molecule has 6 heteroatoms. The van der Waals surface area contributed by atoms with Gasteiger partial charge in [-0.15, -0.1) is 0 Å². The van der Waals surface area contributed by atoms with Gasteiger partial charge in [-0.1, -0.05) is 6.42 Å². The van der Waals surface area contributed by atoms with Crippen LogP contribution in [0.2, 0.25) is 0 Å². The van der Waals surface area contributed by atoms with E-state index in [9.17, 15) is 9.59 Å². The number of rotatable bonds is 6. The minimum atomic E-state index is -0.160. The van der Waals surface area contributed by atoms with Gasteiger partial charge >= 0.3 is 0 Å². The Hall–Kier alpha value is -2.08. The Morgan fingerprint density at radius 3 is 2.55 bits per heavy atom. The van der Waals surface area contributed by atoms with E-state index in [0.29, 0.717) is 24.4 Å². The molecule has 1 atom stereocenters. The zero-order valence-corrected chi connectivity index (χ0v) is 12.9. The van der Waals surface area contributed by atoms with Gasteiger partial charge in [-0.2, -0.15) is 0 Å². The van der Waals surface area contributed by atoms with Gasteiger partial charge in [0.2, 0.25) is 5.91 Å². The fourth-order valence-electron chi connectivity index (χ4n) is 2.40. The summed E-state index contributed by atoms with van der Waals surface area (Å²) in [7, 11) is 1.58. The van der Waals surface area contributed by atoms with Crippen molar-refractivity contribution in [3.63, 3.8) is 0 Å². The molecule has 2 rings (SSSR count). The van der Waals surface area contributed by atoms with Crippen molar-refractivity contribution in [3.8, 4) is 5.75 Å². The first-order chi connectivity index (χ1) is 10.7. The monoisotopic (exact) mass is 305 g/mol. The lowest BCUT2D eigenvalue weighted by Gasteiger charge is -2.22. The Morgan fingerprint density at radius 1 is 1.18 bits per heavy atom. The van der Waals surface area contributed by atoms with E-state index >= 15 is 0 Å². The SMILES string of the molecule is COc1ccc(C(=O)NCCNC(=O)C2CCCCN2)cc1. The molecule has 0 saturated carbocycles. The lowest BCUT2D eigenvalue weighted by molar-refractivity contribution is -0.123. The molecule has 2 amide bonds. The highest BCUT2D eigenvalue weighted by Crippen LogP contribution is 2.11. The van der Waals surface area contributed by atoms with Gasteiger partial charge in [0, 0.05) is 18.7 Å². The lowest BCUT2D eigenvalue weighted by atomic mass is 10.0. The average molecular weight is 305 g/mol. The van der Waals surface area contributed by atoms with Crippen LogP contribution in [-0.4, -0.2) is 44.6 Å². The van der Waals surface area contributed by atoms with Crippen molar-refractivity contribution in [2.45, 2.75) is 25.3 Å². The van der Waals surface area contributed by atoms with Gasteiger partial charge in [0.1, 0.15) is 5.75 Å². The molecule has 1 aliphatic rings. The molecule has 0 spiro atoms. The summed E-state index contributed by atoms with van der Waals surface area (Å²) in [5.74, 6) is 0.565. The molecule has 0 aliphatic carbocycles. The molecule has 0 bridgehead atoms. The van der Waals surface area contributed by atoms with Gasteiger partial charge < -0.3 is 20.7 Å². The molecule has 0 radical (unpaired) electrons. The van der Waals surface area contributed by atoms with E-state index < -0.39 is 0 Å². The number of amides is 2. The van der Waals surface area contributed by atoms with Crippen molar-refractivity contribution in [1.29, 1.82) is 0 Å².